The summed E-state index contributed by atoms with van der Waals surface area (Å²) in [7, 11) is -3.71. The van der Waals surface area contributed by atoms with Gasteiger partial charge in [-0.25, -0.2) is 13.6 Å². The van der Waals surface area contributed by atoms with Crippen molar-refractivity contribution in [3.8, 4) is 0 Å². The van der Waals surface area contributed by atoms with Gasteiger partial charge in [-0.15, -0.1) is 0 Å². The Kier molecular flexibility index (Phi) is 5.34. The molecule has 0 unspecified atom stereocenters. The SMILES string of the molecule is CC(C)c1ccc2occ(CC(=O)NCc3ccc(S(N)(=O)=O)cc3)c2c1. The van der Waals surface area contributed by atoms with Crippen molar-refractivity contribution in [3.05, 3.63) is 65.4 Å². The summed E-state index contributed by atoms with van der Waals surface area (Å²) in [6.07, 6.45) is 1.83. The topological polar surface area (TPSA) is 102 Å². The van der Waals surface area contributed by atoms with Crippen LogP contribution < -0.4 is 10.5 Å². The predicted octanol–water partition coefficient (Wildman–Crippen LogP) is 3.06. The lowest BCUT2D eigenvalue weighted by Crippen LogP contribution is -2.24. The molecule has 3 rings (SSSR count). The van der Waals surface area contributed by atoms with E-state index < -0.39 is 10.0 Å². The van der Waals surface area contributed by atoms with Crippen LogP contribution in [0.15, 0.2) is 58.0 Å². The van der Waals surface area contributed by atoms with Crippen molar-refractivity contribution in [1.82, 2.24) is 5.32 Å². The van der Waals surface area contributed by atoms with Gasteiger partial charge in [0.05, 0.1) is 17.6 Å². The van der Waals surface area contributed by atoms with Gasteiger partial charge in [0.2, 0.25) is 15.9 Å². The second-order valence-corrected chi connectivity index (χ2v) is 8.38. The van der Waals surface area contributed by atoms with Crippen LogP contribution in [0.1, 0.15) is 36.5 Å². The predicted molar refractivity (Wildman–Crippen MR) is 104 cm³/mol. The summed E-state index contributed by atoms with van der Waals surface area (Å²) < 4.78 is 28.1. The summed E-state index contributed by atoms with van der Waals surface area (Å²) >= 11 is 0. The molecule has 2 aromatic carbocycles. The van der Waals surface area contributed by atoms with Gasteiger partial charge < -0.3 is 9.73 Å². The number of nitrogens with two attached hydrogens (primary N) is 1. The van der Waals surface area contributed by atoms with Crippen molar-refractivity contribution in [3.63, 3.8) is 0 Å². The summed E-state index contributed by atoms with van der Waals surface area (Å²) in [5.74, 6) is 0.259. The number of amides is 1. The van der Waals surface area contributed by atoms with Gasteiger partial charge in [-0.1, -0.05) is 32.0 Å². The van der Waals surface area contributed by atoms with Crippen LogP contribution >= 0.6 is 0 Å². The van der Waals surface area contributed by atoms with Crippen LogP contribution in [0.5, 0.6) is 0 Å². The number of furan rings is 1. The molecule has 6 nitrogen and oxygen atoms in total. The number of carbonyl (C=O) groups is 1. The minimum Gasteiger partial charge on any atom is -0.464 e. The minimum atomic E-state index is -3.71. The van der Waals surface area contributed by atoms with Gasteiger partial charge in [-0.3, -0.25) is 4.79 Å². The second-order valence-electron chi connectivity index (χ2n) is 6.81. The standard InChI is InChI=1S/C20H22N2O4S/c1-13(2)15-5-8-19-18(9-15)16(12-26-19)10-20(23)22-11-14-3-6-17(7-4-14)27(21,24)25/h3-9,12-13H,10-11H2,1-2H3,(H,22,23)(H2,21,24,25). The molecule has 1 heterocycles. The maximum Gasteiger partial charge on any atom is 0.238 e. The number of rotatable bonds is 6. The van der Waals surface area contributed by atoms with E-state index in [0.29, 0.717) is 12.5 Å². The van der Waals surface area contributed by atoms with Crippen molar-refractivity contribution >= 4 is 26.9 Å². The lowest BCUT2D eigenvalue weighted by Gasteiger charge is -2.07. The Morgan fingerprint density at radius 2 is 1.85 bits per heavy atom. The molecule has 0 spiro atoms. The van der Waals surface area contributed by atoms with E-state index in [0.717, 1.165) is 22.1 Å². The highest BCUT2D eigenvalue weighted by atomic mass is 32.2. The van der Waals surface area contributed by atoms with Crippen molar-refractivity contribution < 1.29 is 17.6 Å². The first-order valence-electron chi connectivity index (χ1n) is 8.62. The second kappa shape index (κ2) is 7.54. The average molecular weight is 386 g/mol. The Balaban J connectivity index is 1.66. The molecule has 1 aromatic heterocycles. The highest BCUT2D eigenvalue weighted by Gasteiger charge is 2.12. The van der Waals surface area contributed by atoms with E-state index >= 15 is 0 Å². The zero-order valence-electron chi connectivity index (χ0n) is 15.2. The first kappa shape index (κ1) is 19.1. The third kappa shape index (κ3) is 4.56. The number of carbonyl (C=O) groups excluding carboxylic acids is 1. The molecule has 0 bridgehead atoms. The van der Waals surface area contributed by atoms with E-state index in [4.69, 9.17) is 9.56 Å². The van der Waals surface area contributed by atoms with E-state index in [9.17, 15) is 13.2 Å². The fourth-order valence-corrected chi connectivity index (χ4v) is 3.34. The van der Waals surface area contributed by atoms with Gasteiger partial charge in [0.1, 0.15) is 5.58 Å². The minimum absolute atomic E-state index is 0.0448. The molecule has 0 saturated carbocycles. The molecule has 0 aliphatic carbocycles. The molecular weight excluding hydrogens is 364 g/mol. The molecule has 3 N–H and O–H groups in total. The van der Waals surface area contributed by atoms with Crippen molar-refractivity contribution in [2.45, 2.75) is 37.6 Å². The maximum atomic E-state index is 12.3. The first-order valence-corrected chi connectivity index (χ1v) is 10.2. The van der Waals surface area contributed by atoms with E-state index in [1.165, 1.54) is 17.7 Å². The molecule has 142 valence electrons. The van der Waals surface area contributed by atoms with Crippen LogP contribution in [0.4, 0.5) is 0 Å². The van der Waals surface area contributed by atoms with Gasteiger partial charge in [-0.05, 0) is 41.3 Å². The Morgan fingerprint density at radius 3 is 2.48 bits per heavy atom. The number of hydrogen-bond donors (Lipinski definition) is 2. The molecule has 0 aliphatic heterocycles. The van der Waals surface area contributed by atoms with Gasteiger partial charge >= 0.3 is 0 Å². The summed E-state index contributed by atoms with van der Waals surface area (Å²) in [5.41, 5.74) is 3.59. The van der Waals surface area contributed by atoms with Crippen LogP contribution in [0, 0.1) is 0 Å². The Morgan fingerprint density at radius 1 is 1.15 bits per heavy atom. The number of fused-ring (bicyclic) bond motifs is 1. The Bertz CT molecular complexity index is 1070. The summed E-state index contributed by atoms with van der Waals surface area (Å²) in [4.78, 5) is 12.3. The molecule has 27 heavy (non-hydrogen) atoms. The van der Waals surface area contributed by atoms with Crippen LogP contribution in [-0.4, -0.2) is 14.3 Å². The molecule has 0 fully saturated rings. The first-order chi connectivity index (χ1) is 12.7. The smallest absolute Gasteiger partial charge is 0.238 e. The zero-order valence-corrected chi connectivity index (χ0v) is 16.0. The van der Waals surface area contributed by atoms with Gasteiger partial charge in [0, 0.05) is 17.5 Å². The third-order valence-corrected chi connectivity index (χ3v) is 5.37. The largest absolute Gasteiger partial charge is 0.464 e. The third-order valence-electron chi connectivity index (χ3n) is 4.44. The Hall–Kier alpha value is -2.64. The molecular formula is C20H22N2O4S. The van der Waals surface area contributed by atoms with E-state index in [1.807, 2.05) is 12.1 Å². The molecule has 1 amide bonds. The maximum absolute atomic E-state index is 12.3. The molecule has 0 atom stereocenters. The molecule has 0 saturated heterocycles. The van der Waals surface area contributed by atoms with Crippen molar-refractivity contribution in [2.75, 3.05) is 0 Å². The normalized spacial score (nSPS) is 11.9. The van der Waals surface area contributed by atoms with Crippen LogP contribution in [0.2, 0.25) is 0 Å². The van der Waals surface area contributed by atoms with Crippen molar-refractivity contribution in [2.24, 2.45) is 5.14 Å². The van der Waals surface area contributed by atoms with Crippen molar-refractivity contribution in [1.29, 1.82) is 0 Å². The fourth-order valence-electron chi connectivity index (χ4n) is 2.83. The van der Waals surface area contributed by atoms with Crippen LogP contribution in [-0.2, 0) is 27.8 Å². The summed E-state index contributed by atoms with van der Waals surface area (Å²) in [5, 5.41) is 8.86. The van der Waals surface area contributed by atoms with Crippen LogP contribution in [0.25, 0.3) is 11.0 Å². The number of primary sulfonamides is 1. The van der Waals surface area contributed by atoms with Crippen LogP contribution in [0.3, 0.4) is 0 Å². The van der Waals surface area contributed by atoms with Gasteiger partial charge in [0.25, 0.3) is 0 Å². The number of nitrogens with one attached hydrogen (secondary N) is 1. The number of sulfonamides is 1. The zero-order chi connectivity index (χ0) is 19.6. The number of hydrogen-bond acceptors (Lipinski definition) is 4. The lowest BCUT2D eigenvalue weighted by molar-refractivity contribution is -0.120. The highest BCUT2D eigenvalue weighted by Crippen LogP contribution is 2.26. The molecule has 0 radical (unpaired) electrons. The monoisotopic (exact) mass is 386 g/mol. The number of benzene rings is 2. The summed E-state index contributed by atoms with van der Waals surface area (Å²) in [6, 6.07) is 12.1. The molecule has 0 aliphatic rings. The lowest BCUT2D eigenvalue weighted by atomic mass is 10.00. The molecule has 7 heteroatoms. The van der Waals surface area contributed by atoms with E-state index in [2.05, 4.69) is 25.2 Å². The average Bonchev–Trinajstić information content (AvgIpc) is 3.01. The van der Waals surface area contributed by atoms with Gasteiger partial charge in [-0.2, -0.15) is 0 Å². The quantitative estimate of drug-likeness (QED) is 0.679. The molecule has 3 aromatic rings. The fraction of sp³-hybridized carbons (Fsp3) is 0.250. The highest BCUT2D eigenvalue weighted by molar-refractivity contribution is 7.89. The Labute approximate surface area is 158 Å². The van der Waals surface area contributed by atoms with Gasteiger partial charge in [0.15, 0.2) is 0 Å². The van der Waals surface area contributed by atoms with E-state index in [-0.39, 0.29) is 17.2 Å². The van der Waals surface area contributed by atoms with E-state index in [1.54, 1.807) is 18.4 Å². The summed E-state index contributed by atoms with van der Waals surface area (Å²) in [6.45, 7) is 4.54.